The summed E-state index contributed by atoms with van der Waals surface area (Å²) in [7, 11) is 1.66. The van der Waals surface area contributed by atoms with Gasteiger partial charge < -0.3 is 20.5 Å². The number of anilines is 1. The van der Waals surface area contributed by atoms with Gasteiger partial charge in [-0.05, 0) is 34.1 Å². The van der Waals surface area contributed by atoms with E-state index < -0.39 is 0 Å². The number of nitrogens with one attached hydrogen (secondary N) is 1. The van der Waals surface area contributed by atoms with Gasteiger partial charge in [0.25, 0.3) is 0 Å². The van der Waals surface area contributed by atoms with Crippen LogP contribution < -0.4 is 15.8 Å². The second-order valence-electron chi connectivity index (χ2n) is 4.40. The first-order valence-electron chi connectivity index (χ1n) is 5.54. The molecule has 5 heteroatoms. The van der Waals surface area contributed by atoms with E-state index in [1.54, 1.807) is 7.11 Å². The second kappa shape index (κ2) is 5.25. The molecule has 1 aliphatic heterocycles. The SMILES string of the molecule is COc1ccc(NCC2(CN)COC2)cc1Br. The normalized spacial score (nSPS) is 17.4. The van der Waals surface area contributed by atoms with Gasteiger partial charge in [0.1, 0.15) is 5.75 Å². The molecule has 1 heterocycles. The summed E-state index contributed by atoms with van der Waals surface area (Å²) in [6, 6.07) is 5.93. The number of methoxy groups -OCH3 is 1. The highest BCUT2D eigenvalue weighted by molar-refractivity contribution is 9.10. The molecule has 1 fully saturated rings. The van der Waals surface area contributed by atoms with E-state index in [0.717, 1.165) is 35.7 Å². The summed E-state index contributed by atoms with van der Waals surface area (Å²) in [5.74, 6) is 0.830. The second-order valence-corrected chi connectivity index (χ2v) is 5.25. The number of nitrogens with two attached hydrogens (primary N) is 1. The van der Waals surface area contributed by atoms with Gasteiger partial charge in [-0.25, -0.2) is 0 Å². The van der Waals surface area contributed by atoms with E-state index in [-0.39, 0.29) is 5.41 Å². The molecule has 3 N–H and O–H groups in total. The molecule has 0 atom stereocenters. The van der Waals surface area contributed by atoms with E-state index in [1.165, 1.54) is 0 Å². The molecule has 0 aromatic heterocycles. The van der Waals surface area contributed by atoms with Gasteiger partial charge >= 0.3 is 0 Å². The fraction of sp³-hybridized carbons (Fsp3) is 0.500. The quantitative estimate of drug-likeness (QED) is 0.871. The minimum absolute atomic E-state index is 0.104. The molecule has 1 saturated heterocycles. The number of hydrogen-bond donors (Lipinski definition) is 2. The van der Waals surface area contributed by atoms with Crippen LogP contribution >= 0.6 is 15.9 Å². The molecule has 1 aromatic carbocycles. The summed E-state index contributed by atoms with van der Waals surface area (Å²) in [6.07, 6.45) is 0. The Bertz CT molecular complexity index is 389. The maximum atomic E-state index is 5.76. The van der Waals surface area contributed by atoms with Crippen LogP contribution in [0.3, 0.4) is 0 Å². The van der Waals surface area contributed by atoms with Crippen molar-refractivity contribution in [3.63, 3.8) is 0 Å². The minimum Gasteiger partial charge on any atom is -0.496 e. The molecule has 94 valence electrons. The van der Waals surface area contributed by atoms with E-state index in [0.29, 0.717) is 6.54 Å². The van der Waals surface area contributed by atoms with Crippen molar-refractivity contribution in [1.82, 2.24) is 0 Å². The molecular formula is C12H17BrN2O2. The van der Waals surface area contributed by atoms with Gasteiger partial charge in [-0.2, -0.15) is 0 Å². The smallest absolute Gasteiger partial charge is 0.133 e. The zero-order valence-corrected chi connectivity index (χ0v) is 11.4. The lowest BCUT2D eigenvalue weighted by molar-refractivity contribution is -0.0979. The van der Waals surface area contributed by atoms with E-state index in [9.17, 15) is 0 Å². The van der Waals surface area contributed by atoms with Crippen LogP contribution in [-0.2, 0) is 4.74 Å². The first-order chi connectivity index (χ1) is 8.19. The van der Waals surface area contributed by atoms with Gasteiger partial charge in [-0.15, -0.1) is 0 Å². The summed E-state index contributed by atoms with van der Waals surface area (Å²) in [4.78, 5) is 0. The Kier molecular flexibility index (Phi) is 3.91. The number of halogens is 1. The van der Waals surface area contributed by atoms with Crippen LogP contribution in [-0.4, -0.2) is 33.4 Å². The molecule has 0 unspecified atom stereocenters. The van der Waals surface area contributed by atoms with Crippen LogP contribution in [0.15, 0.2) is 22.7 Å². The molecule has 2 rings (SSSR count). The Labute approximate surface area is 110 Å². The Morgan fingerprint density at radius 1 is 1.53 bits per heavy atom. The topological polar surface area (TPSA) is 56.5 Å². The van der Waals surface area contributed by atoms with Crippen molar-refractivity contribution in [3.8, 4) is 5.75 Å². The predicted molar refractivity (Wildman–Crippen MR) is 71.5 cm³/mol. The van der Waals surface area contributed by atoms with Crippen molar-refractivity contribution in [2.24, 2.45) is 11.1 Å². The number of rotatable bonds is 5. The van der Waals surface area contributed by atoms with E-state index in [2.05, 4.69) is 21.2 Å². The van der Waals surface area contributed by atoms with Crippen LogP contribution in [0.2, 0.25) is 0 Å². The third kappa shape index (κ3) is 2.73. The molecule has 0 aliphatic carbocycles. The zero-order chi connectivity index (χ0) is 12.3. The molecule has 0 spiro atoms. The van der Waals surface area contributed by atoms with Crippen molar-refractivity contribution >= 4 is 21.6 Å². The lowest BCUT2D eigenvalue weighted by atomic mass is 9.86. The van der Waals surface area contributed by atoms with Gasteiger partial charge in [0.2, 0.25) is 0 Å². The van der Waals surface area contributed by atoms with Gasteiger partial charge in [0.05, 0.1) is 24.8 Å². The summed E-state index contributed by atoms with van der Waals surface area (Å²) in [6.45, 7) is 2.97. The lowest BCUT2D eigenvalue weighted by Crippen LogP contribution is -2.52. The molecule has 0 amide bonds. The fourth-order valence-corrected chi connectivity index (χ4v) is 2.29. The first-order valence-corrected chi connectivity index (χ1v) is 6.34. The molecule has 1 aliphatic rings. The average molecular weight is 301 g/mol. The highest BCUT2D eigenvalue weighted by atomic mass is 79.9. The maximum absolute atomic E-state index is 5.76. The van der Waals surface area contributed by atoms with Crippen LogP contribution in [0.1, 0.15) is 0 Å². The fourth-order valence-electron chi connectivity index (χ4n) is 1.75. The molecule has 1 aromatic rings. The van der Waals surface area contributed by atoms with Gasteiger partial charge in [-0.3, -0.25) is 0 Å². The molecule has 0 radical (unpaired) electrons. The van der Waals surface area contributed by atoms with E-state index in [1.807, 2.05) is 18.2 Å². The van der Waals surface area contributed by atoms with E-state index >= 15 is 0 Å². The average Bonchev–Trinajstić information content (AvgIpc) is 2.28. The maximum Gasteiger partial charge on any atom is 0.133 e. The van der Waals surface area contributed by atoms with Crippen molar-refractivity contribution in [1.29, 1.82) is 0 Å². The monoisotopic (exact) mass is 300 g/mol. The molecule has 0 saturated carbocycles. The van der Waals surface area contributed by atoms with Crippen LogP contribution in [0.25, 0.3) is 0 Å². The van der Waals surface area contributed by atoms with Crippen molar-refractivity contribution in [2.45, 2.75) is 0 Å². The Hall–Kier alpha value is -0.780. The van der Waals surface area contributed by atoms with E-state index in [4.69, 9.17) is 15.2 Å². The first kappa shape index (κ1) is 12.7. The van der Waals surface area contributed by atoms with Gasteiger partial charge in [-0.1, -0.05) is 0 Å². The molecule has 4 nitrogen and oxygen atoms in total. The summed E-state index contributed by atoms with van der Waals surface area (Å²) < 4.78 is 11.4. The highest BCUT2D eigenvalue weighted by Gasteiger charge is 2.36. The van der Waals surface area contributed by atoms with Crippen LogP contribution in [0, 0.1) is 5.41 Å². The number of hydrogen-bond acceptors (Lipinski definition) is 4. The van der Waals surface area contributed by atoms with Crippen LogP contribution in [0.5, 0.6) is 5.75 Å². The van der Waals surface area contributed by atoms with Crippen molar-refractivity contribution < 1.29 is 9.47 Å². The third-order valence-corrected chi connectivity index (χ3v) is 3.69. The minimum atomic E-state index is 0.104. The third-order valence-electron chi connectivity index (χ3n) is 3.07. The van der Waals surface area contributed by atoms with Gasteiger partial charge in [0.15, 0.2) is 0 Å². The number of benzene rings is 1. The molecule has 0 bridgehead atoms. The highest BCUT2D eigenvalue weighted by Crippen LogP contribution is 2.30. The molecule has 17 heavy (non-hydrogen) atoms. The zero-order valence-electron chi connectivity index (χ0n) is 9.83. The Morgan fingerprint density at radius 3 is 2.76 bits per heavy atom. The van der Waals surface area contributed by atoms with Gasteiger partial charge in [0, 0.05) is 24.2 Å². The van der Waals surface area contributed by atoms with Crippen LogP contribution in [0.4, 0.5) is 5.69 Å². The lowest BCUT2D eigenvalue weighted by Gasteiger charge is -2.40. The number of ether oxygens (including phenoxy) is 2. The summed E-state index contributed by atoms with van der Waals surface area (Å²) >= 11 is 3.46. The predicted octanol–water partition coefficient (Wildman–Crippen LogP) is 1.84. The standard InChI is InChI=1S/C12H17BrN2O2/c1-16-11-3-2-9(4-10(11)13)15-6-12(5-14)7-17-8-12/h2-4,15H,5-8,14H2,1H3. The summed E-state index contributed by atoms with van der Waals surface area (Å²) in [5.41, 5.74) is 6.92. The summed E-state index contributed by atoms with van der Waals surface area (Å²) in [5, 5.41) is 3.38. The molecular weight excluding hydrogens is 284 g/mol. The Morgan fingerprint density at radius 2 is 2.29 bits per heavy atom. The largest absolute Gasteiger partial charge is 0.496 e. The van der Waals surface area contributed by atoms with Crippen molar-refractivity contribution in [2.75, 3.05) is 38.7 Å². The Balaban J connectivity index is 1.97. The van der Waals surface area contributed by atoms with Crippen molar-refractivity contribution in [3.05, 3.63) is 22.7 Å².